The second kappa shape index (κ2) is 7.96. The minimum Gasteiger partial charge on any atom is -0.330 e. The highest BCUT2D eigenvalue weighted by molar-refractivity contribution is 5.95. The molecule has 1 aromatic heterocycles. The molecule has 3 nitrogen and oxygen atoms in total. The van der Waals surface area contributed by atoms with Crippen LogP contribution in [0, 0.1) is 5.92 Å². The summed E-state index contributed by atoms with van der Waals surface area (Å²) in [5.41, 5.74) is 6.30. The number of carbonyl (C=O) groups is 1. The van der Waals surface area contributed by atoms with E-state index in [2.05, 4.69) is 11.9 Å². The summed E-state index contributed by atoms with van der Waals surface area (Å²) >= 11 is 0. The van der Waals surface area contributed by atoms with Crippen molar-refractivity contribution in [2.45, 2.75) is 39.0 Å². The molecule has 1 aromatic rings. The second-order valence-corrected chi connectivity index (χ2v) is 4.44. The minimum absolute atomic E-state index is 0.191. The smallest absolute Gasteiger partial charge is 0.164 e. The van der Waals surface area contributed by atoms with Gasteiger partial charge in [-0.3, -0.25) is 9.78 Å². The fraction of sp³-hybridized carbons (Fsp3) is 0.571. The van der Waals surface area contributed by atoms with Gasteiger partial charge in [0.25, 0.3) is 0 Å². The molecule has 17 heavy (non-hydrogen) atoms. The van der Waals surface area contributed by atoms with Crippen LogP contribution in [0.3, 0.4) is 0 Å². The van der Waals surface area contributed by atoms with Gasteiger partial charge in [-0.05, 0) is 37.4 Å². The minimum atomic E-state index is 0.191. The van der Waals surface area contributed by atoms with Gasteiger partial charge in [-0.15, -0.1) is 0 Å². The zero-order valence-corrected chi connectivity index (χ0v) is 10.6. The molecule has 0 fully saturated rings. The average Bonchev–Trinajstić information content (AvgIpc) is 2.37. The Morgan fingerprint density at radius 1 is 1.41 bits per heavy atom. The molecule has 0 radical (unpaired) electrons. The van der Waals surface area contributed by atoms with Crippen LogP contribution in [0.5, 0.6) is 0 Å². The molecular formula is C14H22N2O. The second-order valence-electron chi connectivity index (χ2n) is 4.44. The van der Waals surface area contributed by atoms with Gasteiger partial charge in [0.1, 0.15) is 0 Å². The monoisotopic (exact) mass is 234 g/mol. The van der Waals surface area contributed by atoms with Crippen LogP contribution >= 0.6 is 0 Å². The topological polar surface area (TPSA) is 56.0 Å². The molecule has 2 N–H and O–H groups in total. The summed E-state index contributed by atoms with van der Waals surface area (Å²) in [6, 6.07) is 3.63. The van der Waals surface area contributed by atoms with E-state index in [4.69, 9.17) is 5.73 Å². The zero-order chi connectivity index (χ0) is 12.5. The van der Waals surface area contributed by atoms with Crippen molar-refractivity contribution in [3.8, 4) is 0 Å². The highest BCUT2D eigenvalue weighted by Crippen LogP contribution is 2.18. The van der Waals surface area contributed by atoms with Gasteiger partial charge < -0.3 is 5.73 Å². The Morgan fingerprint density at radius 3 is 2.82 bits per heavy atom. The number of hydrogen-bond acceptors (Lipinski definition) is 3. The fourth-order valence-corrected chi connectivity index (χ4v) is 2.08. The van der Waals surface area contributed by atoms with E-state index < -0.39 is 0 Å². The molecule has 0 spiro atoms. The van der Waals surface area contributed by atoms with Gasteiger partial charge in [0.2, 0.25) is 0 Å². The van der Waals surface area contributed by atoms with E-state index in [0.717, 1.165) is 31.2 Å². The number of rotatable bonds is 8. The van der Waals surface area contributed by atoms with Crippen molar-refractivity contribution in [1.29, 1.82) is 0 Å². The number of nitrogens with zero attached hydrogens (tertiary/aromatic N) is 1. The highest BCUT2D eigenvalue weighted by Gasteiger charge is 2.11. The van der Waals surface area contributed by atoms with Crippen LogP contribution in [0.2, 0.25) is 0 Å². The van der Waals surface area contributed by atoms with Crippen molar-refractivity contribution in [2.24, 2.45) is 11.7 Å². The van der Waals surface area contributed by atoms with Crippen molar-refractivity contribution in [1.82, 2.24) is 4.98 Å². The molecule has 0 saturated heterocycles. The van der Waals surface area contributed by atoms with Gasteiger partial charge in [0, 0.05) is 24.4 Å². The van der Waals surface area contributed by atoms with Crippen LogP contribution in [-0.4, -0.2) is 17.3 Å². The van der Waals surface area contributed by atoms with Crippen LogP contribution in [0.15, 0.2) is 24.5 Å². The lowest BCUT2D eigenvalue weighted by molar-refractivity contribution is 0.0972. The predicted molar refractivity (Wildman–Crippen MR) is 69.9 cm³/mol. The number of Topliss-reactive ketones (excluding diaryl/α,β-unsaturated/α-hetero) is 1. The molecule has 94 valence electrons. The molecule has 1 unspecified atom stereocenters. The fourth-order valence-electron chi connectivity index (χ4n) is 2.08. The van der Waals surface area contributed by atoms with Gasteiger partial charge in [-0.1, -0.05) is 19.8 Å². The van der Waals surface area contributed by atoms with Crippen molar-refractivity contribution < 1.29 is 4.79 Å². The Kier molecular flexibility index (Phi) is 6.48. The molecule has 0 aliphatic rings. The maximum atomic E-state index is 11.9. The quantitative estimate of drug-likeness (QED) is 0.704. The van der Waals surface area contributed by atoms with Crippen LogP contribution in [0.4, 0.5) is 0 Å². The first-order valence-corrected chi connectivity index (χ1v) is 6.41. The van der Waals surface area contributed by atoms with Crippen molar-refractivity contribution >= 4 is 5.78 Å². The lowest BCUT2D eigenvalue weighted by Crippen LogP contribution is -2.11. The summed E-state index contributed by atoms with van der Waals surface area (Å²) in [6.45, 7) is 2.89. The maximum absolute atomic E-state index is 11.9. The summed E-state index contributed by atoms with van der Waals surface area (Å²) in [6.07, 6.45) is 8.22. The SMILES string of the molecule is CCCC(CCN)CCC(=O)c1cccnc1. The summed E-state index contributed by atoms with van der Waals surface area (Å²) in [5.74, 6) is 0.779. The number of ketones is 1. The van der Waals surface area contributed by atoms with E-state index in [1.807, 2.05) is 6.07 Å². The molecule has 3 heteroatoms. The number of hydrogen-bond donors (Lipinski definition) is 1. The molecule has 1 heterocycles. The Morgan fingerprint density at radius 2 is 2.24 bits per heavy atom. The molecular weight excluding hydrogens is 212 g/mol. The van der Waals surface area contributed by atoms with Crippen LogP contribution in [-0.2, 0) is 0 Å². The summed E-state index contributed by atoms with van der Waals surface area (Å²) in [5, 5.41) is 0. The summed E-state index contributed by atoms with van der Waals surface area (Å²) in [7, 11) is 0. The molecule has 1 atom stereocenters. The first-order chi connectivity index (χ1) is 8.27. The Bertz CT molecular complexity index is 318. The molecule has 0 aliphatic carbocycles. The highest BCUT2D eigenvalue weighted by atomic mass is 16.1. The Hall–Kier alpha value is -1.22. The van der Waals surface area contributed by atoms with Crippen molar-refractivity contribution in [3.05, 3.63) is 30.1 Å². The molecule has 1 rings (SSSR count). The van der Waals surface area contributed by atoms with Crippen LogP contribution in [0.1, 0.15) is 49.4 Å². The van der Waals surface area contributed by atoms with Gasteiger partial charge >= 0.3 is 0 Å². The van der Waals surface area contributed by atoms with E-state index in [1.165, 1.54) is 0 Å². The van der Waals surface area contributed by atoms with E-state index in [1.54, 1.807) is 18.5 Å². The van der Waals surface area contributed by atoms with Crippen molar-refractivity contribution in [2.75, 3.05) is 6.54 Å². The van der Waals surface area contributed by atoms with Gasteiger partial charge in [0.15, 0.2) is 5.78 Å². The van der Waals surface area contributed by atoms with Crippen LogP contribution < -0.4 is 5.73 Å². The van der Waals surface area contributed by atoms with Gasteiger partial charge in [-0.25, -0.2) is 0 Å². The van der Waals surface area contributed by atoms with Gasteiger partial charge in [-0.2, -0.15) is 0 Å². The van der Waals surface area contributed by atoms with E-state index in [-0.39, 0.29) is 5.78 Å². The van der Waals surface area contributed by atoms with E-state index >= 15 is 0 Å². The predicted octanol–water partition coefficient (Wildman–Crippen LogP) is 2.81. The molecule has 0 amide bonds. The Labute approximate surface area is 103 Å². The van der Waals surface area contributed by atoms with Crippen molar-refractivity contribution in [3.63, 3.8) is 0 Å². The standard InChI is InChI=1S/C14H22N2O/c1-2-4-12(8-9-15)6-7-14(17)13-5-3-10-16-11-13/h3,5,10-12H,2,4,6-9,15H2,1H3. The molecule has 0 aliphatic heterocycles. The molecule has 0 saturated carbocycles. The maximum Gasteiger partial charge on any atom is 0.164 e. The normalized spacial score (nSPS) is 12.4. The summed E-state index contributed by atoms with van der Waals surface area (Å²) in [4.78, 5) is 15.9. The molecule has 0 bridgehead atoms. The zero-order valence-electron chi connectivity index (χ0n) is 10.6. The lowest BCUT2D eigenvalue weighted by atomic mass is 9.92. The van der Waals surface area contributed by atoms with E-state index in [0.29, 0.717) is 18.9 Å². The third-order valence-electron chi connectivity index (χ3n) is 3.03. The lowest BCUT2D eigenvalue weighted by Gasteiger charge is -2.14. The third kappa shape index (κ3) is 5.09. The van der Waals surface area contributed by atoms with Crippen LogP contribution in [0.25, 0.3) is 0 Å². The molecule has 0 aromatic carbocycles. The first kappa shape index (κ1) is 13.8. The largest absolute Gasteiger partial charge is 0.330 e. The third-order valence-corrected chi connectivity index (χ3v) is 3.03. The van der Waals surface area contributed by atoms with E-state index in [9.17, 15) is 4.79 Å². The first-order valence-electron chi connectivity index (χ1n) is 6.41. The number of pyridine rings is 1. The number of carbonyl (C=O) groups excluding carboxylic acids is 1. The Balaban J connectivity index is 2.41. The van der Waals surface area contributed by atoms with Gasteiger partial charge in [0.05, 0.1) is 0 Å². The number of aromatic nitrogens is 1. The average molecular weight is 234 g/mol. The number of nitrogens with two attached hydrogens (primary N) is 1. The summed E-state index contributed by atoms with van der Waals surface area (Å²) < 4.78 is 0.